The molecule has 3 nitrogen and oxygen atoms in total. The highest BCUT2D eigenvalue weighted by Gasteiger charge is 2.42. The number of alkyl halides is 3. The van der Waals surface area contributed by atoms with E-state index in [4.69, 9.17) is 4.74 Å². The van der Waals surface area contributed by atoms with Crippen molar-refractivity contribution in [3.63, 3.8) is 0 Å². The van der Waals surface area contributed by atoms with Gasteiger partial charge in [0.1, 0.15) is 5.75 Å². The van der Waals surface area contributed by atoms with Crippen molar-refractivity contribution in [2.45, 2.75) is 55.0 Å². The zero-order chi connectivity index (χ0) is 17.7. The normalized spacial score (nSPS) is 22.7. The smallest absolute Gasteiger partial charge is 0.391 e. The molecule has 1 amide bonds. The van der Waals surface area contributed by atoms with Crippen LogP contribution in [0.5, 0.6) is 5.75 Å². The molecule has 3 atom stereocenters. The Kier molecular flexibility index (Phi) is 6.43. The summed E-state index contributed by atoms with van der Waals surface area (Å²) in [5.41, 5.74) is 0. The third-order valence-electron chi connectivity index (χ3n) is 4.23. The van der Waals surface area contributed by atoms with Crippen LogP contribution in [-0.2, 0) is 4.79 Å². The molecule has 0 heterocycles. The monoisotopic (exact) mass is 361 g/mol. The standard InChI is InChI=1S/C17H22F3NO2S/c1-11(24-15-8-6-14(23-2)7-9-15)16(22)21-13-5-3-4-12(10-13)17(18,19)20/h6-9,11-13H,3-5,10H2,1-2H3,(H,21,22). The van der Waals surface area contributed by atoms with Crippen LogP contribution in [0.1, 0.15) is 32.6 Å². The quantitative estimate of drug-likeness (QED) is 0.790. The minimum absolute atomic E-state index is 0.0187. The summed E-state index contributed by atoms with van der Waals surface area (Å²) in [6.45, 7) is 1.76. The summed E-state index contributed by atoms with van der Waals surface area (Å²) in [6, 6.07) is 6.93. The first-order valence-electron chi connectivity index (χ1n) is 7.97. The third-order valence-corrected chi connectivity index (χ3v) is 5.34. The Hall–Kier alpha value is -1.37. The number of amides is 1. The van der Waals surface area contributed by atoms with Crippen molar-refractivity contribution in [2.24, 2.45) is 5.92 Å². The molecular weight excluding hydrogens is 339 g/mol. The number of ether oxygens (including phenoxy) is 1. The number of methoxy groups -OCH3 is 1. The van der Waals surface area contributed by atoms with Gasteiger partial charge in [-0.2, -0.15) is 13.2 Å². The van der Waals surface area contributed by atoms with Gasteiger partial charge in [0.15, 0.2) is 0 Å². The second-order valence-corrected chi connectivity index (χ2v) is 7.46. The molecule has 1 fully saturated rings. The Bertz CT molecular complexity index is 548. The van der Waals surface area contributed by atoms with Crippen molar-refractivity contribution >= 4 is 17.7 Å². The SMILES string of the molecule is COc1ccc(SC(C)C(=O)NC2CCCC(C(F)(F)F)C2)cc1. The maximum atomic E-state index is 12.8. The van der Waals surface area contributed by atoms with Gasteiger partial charge < -0.3 is 10.1 Å². The molecule has 1 aromatic rings. The van der Waals surface area contributed by atoms with Gasteiger partial charge in [-0.15, -0.1) is 11.8 Å². The molecule has 1 N–H and O–H groups in total. The summed E-state index contributed by atoms with van der Waals surface area (Å²) in [4.78, 5) is 13.2. The Labute approximate surface area is 144 Å². The van der Waals surface area contributed by atoms with Crippen LogP contribution < -0.4 is 10.1 Å². The van der Waals surface area contributed by atoms with Crippen molar-refractivity contribution in [1.82, 2.24) is 5.32 Å². The third kappa shape index (κ3) is 5.33. The average molecular weight is 361 g/mol. The Morgan fingerprint density at radius 3 is 2.54 bits per heavy atom. The number of carbonyl (C=O) groups excluding carboxylic acids is 1. The van der Waals surface area contributed by atoms with Crippen LogP contribution in [0.2, 0.25) is 0 Å². The molecule has 1 aliphatic carbocycles. The largest absolute Gasteiger partial charge is 0.497 e. The summed E-state index contributed by atoms with van der Waals surface area (Å²) in [6.07, 6.45) is -2.93. The lowest BCUT2D eigenvalue weighted by Gasteiger charge is -2.31. The van der Waals surface area contributed by atoms with Crippen molar-refractivity contribution in [3.05, 3.63) is 24.3 Å². The first-order valence-corrected chi connectivity index (χ1v) is 8.85. The molecule has 0 aromatic heterocycles. The van der Waals surface area contributed by atoms with Gasteiger partial charge in [-0.05, 0) is 50.5 Å². The fourth-order valence-electron chi connectivity index (χ4n) is 2.85. The number of carbonyl (C=O) groups is 1. The molecule has 0 radical (unpaired) electrons. The lowest BCUT2D eigenvalue weighted by molar-refractivity contribution is -0.184. The molecule has 7 heteroatoms. The Morgan fingerprint density at radius 1 is 1.29 bits per heavy atom. The number of thioether (sulfide) groups is 1. The molecule has 2 rings (SSSR count). The Balaban J connectivity index is 1.86. The van der Waals surface area contributed by atoms with E-state index < -0.39 is 18.1 Å². The fourth-order valence-corrected chi connectivity index (χ4v) is 3.73. The number of hydrogen-bond acceptors (Lipinski definition) is 3. The van der Waals surface area contributed by atoms with E-state index in [9.17, 15) is 18.0 Å². The van der Waals surface area contributed by atoms with Crippen molar-refractivity contribution in [1.29, 1.82) is 0 Å². The number of benzene rings is 1. The van der Waals surface area contributed by atoms with Gasteiger partial charge in [0, 0.05) is 10.9 Å². The molecule has 0 spiro atoms. The highest BCUT2D eigenvalue weighted by Crippen LogP contribution is 2.37. The van der Waals surface area contributed by atoms with E-state index in [1.807, 2.05) is 24.3 Å². The van der Waals surface area contributed by atoms with Gasteiger partial charge in [-0.1, -0.05) is 6.42 Å². The van der Waals surface area contributed by atoms with Gasteiger partial charge >= 0.3 is 6.18 Å². The lowest BCUT2D eigenvalue weighted by Crippen LogP contribution is -2.44. The minimum Gasteiger partial charge on any atom is -0.497 e. The number of nitrogens with one attached hydrogen (secondary N) is 1. The zero-order valence-corrected chi connectivity index (χ0v) is 14.5. The summed E-state index contributed by atoms with van der Waals surface area (Å²) in [7, 11) is 1.58. The highest BCUT2D eigenvalue weighted by atomic mass is 32.2. The van der Waals surface area contributed by atoms with Gasteiger partial charge in [-0.25, -0.2) is 0 Å². The van der Waals surface area contributed by atoms with E-state index in [0.29, 0.717) is 12.8 Å². The molecule has 0 bridgehead atoms. The number of hydrogen-bond donors (Lipinski definition) is 1. The van der Waals surface area contributed by atoms with Crippen LogP contribution >= 0.6 is 11.8 Å². The molecule has 1 aromatic carbocycles. The van der Waals surface area contributed by atoms with Crippen LogP contribution in [-0.4, -0.2) is 30.5 Å². The second kappa shape index (κ2) is 8.14. The van der Waals surface area contributed by atoms with Gasteiger partial charge in [-0.3, -0.25) is 4.79 Å². The van der Waals surface area contributed by atoms with Crippen molar-refractivity contribution < 1.29 is 22.7 Å². The van der Waals surface area contributed by atoms with Crippen LogP contribution in [0, 0.1) is 5.92 Å². The maximum absolute atomic E-state index is 12.8. The molecule has 134 valence electrons. The van der Waals surface area contributed by atoms with E-state index in [0.717, 1.165) is 10.6 Å². The molecule has 3 unspecified atom stereocenters. The summed E-state index contributed by atoms with van der Waals surface area (Å²) >= 11 is 1.38. The van der Waals surface area contributed by atoms with Crippen LogP contribution in [0.4, 0.5) is 13.2 Å². The summed E-state index contributed by atoms with van der Waals surface area (Å²) < 4.78 is 43.6. The van der Waals surface area contributed by atoms with Gasteiger partial charge in [0.05, 0.1) is 18.3 Å². The molecule has 1 aliphatic rings. The first-order chi connectivity index (χ1) is 11.3. The molecule has 0 aliphatic heterocycles. The van der Waals surface area contributed by atoms with E-state index in [1.165, 1.54) is 11.8 Å². The zero-order valence-electron chi connectivity index (χ0n) is 13.7. The predicted octanol–water partition coefficient (Wildman–Crippen LogP) is 4.41. The predicted molar refractivity (Wildman–Crippen MR) is 88.3 cm³/mol. The molecule has 24 heavy (non-hydrogen) atoms. The minimum atomic E-state index is -4.17. The van der Waals surface area contributed by atoms with Crippen LogP contribution in [0.3, 0.4) is 0 Å². The lowest BCUT2D eigenvalue weighted by atomic mass is 9.85. The van der Waals surface area contributed by atoms with Crippen molar-refractivity contribution in [2.75, 3.05) is 7.11 Å². The van der Waals surface area contributed by atoms with E-state index in [-0.39, 0.29) is 24.0 Å². The van der Waals surface area contributed by atoms with Crippen molar-refractivity contribution in [3.8, 4) is 5.75 Å². The second-order valence-electron chi connectivity index (χ2n) is 6.05. The first kappa shape index (κ1) is 19.0. The fraction of sp³-hybridized carbons (Fsp3) is 0.588. The molecular formula is C17H22F3NO2S. The maximum Gasteiger partial charge on any atom is 0.391 e. The summed E-state index contributed by atoms with van der Waals surface area (Å²) in [5, 5.41) is 2.41. The topological polar surface area (TPSA) is 38.3 Å². The summed E-state index contributed by atoms with van der Waals surface area (Å²) in [5.74, 6) is -0.790. The molecule has 1 saturated carbocycles. The van der Waals surface area contributed by atoms with Crippen LogP contribution in [0.25, 0.3) is 0 Å². The number of rotatable bonds is 5. The highest BCUT2D eigenvalue weighted by molar-refractivity contribution is 8.00. The van der Waals surface area contributed by atoms with Gasteiger partial charge in [0.25, 0.3) is 0 Å². The van der Waals surface area contributed by atoms with Gasteiger partial charge in [0.2, 0.25) is 5.91 Å². The van der Waals surface area contributed by atoms with E-state index in [1.54, 1.807) is 14.0 Å². The Morgan fingerprint density at radius 2 is 1.96 bits per heavy atom. The van der Waals surface area contributed by atoms with Crippen LogP contribution in [0.15, 0.2) is 29.2 Å². The van der Waals surface area contributed by atoms with E-state index >= 15 is 0 Å². The number of halogens is 3. The average Bonchev–Trinajstić information content (AvgIpc) is 2.55. The molecule has 0 saturated heterocycles. The van der Waals surface area contributed by atoms with E-state index in [2.05, 4.69) is 5.32 Å².